The lowest BCUT2D eigenvalue weighted by Gasteiger charge is -2.14. The van der Waals surface area contributed by atoms with Crippen LogP contribution in [0.2, 0.25) is 5.02 Å². The van der Waals surface area contributed by atoms with Crippen molar-refractivity contribution in [3.8, 4) is 0 Å². The quantitative estimate of drug-likeness (QED) is 0.777. The Hall–Kier alpha value is -0.580. The predicted octanol–water partition coefficient (Wildman–Crippen LogP) is 3.90. The van der Waals surface area contributed by atoms with Crippen LogP contribution >= 0.6 is 11.6 Å². The minimum absolute atomic E-state index is 0.0587. The van der Waals surface area contributed by atoms with Crippen LogP contribution in [0.4, 0.5) is 0 Å². The van der Waals surface area contributed by atoms with E-state index in [1.807, 2.05) is 13.8 Å². The van der Waals surface area contributed by atoms with E-state index in [9.17, 15) is 8.42 Å². The van der Waals surface area contributed by atoms with Crippen LogP contribution in [0.5, 0.6) is 0 Å². The lowest BCUT2D eigenvalue weighted by atomic mass is 10.1. The van der Waals surface area contributed by atoms with Gasteiger partial charge in [0.25, 0.3) is 0 Å². The topological polar surface area (TPSA) is 46.2 Å². The zero-order valence-electron chi connectivity index (χ0n) is 11.7. The van der Waals surface area contributed by atoms with Gasteiger partial charge in [-0.1, -0.05) is 43.9 Å². The van der Waals surface area contributed by atoms with Gasteiger partial charge >= 0.3 is 0 Å². The summed E-state index contributed by atoms with van der Waals surface area (Å²) in [4.78, 5) is 0.227. The molecule has 0 heterocycles. The lowest BCUT2D eigenvalue weighted by molar-refractivity contribution is 0.527. The second kappa shape index (κ2) is 7.27. The molecule has 1 aromatic rings. The standard InChI is InChI=1S/C14H22ClNO2S/c1-4-5-6-7-12(3)16-19(17,18)13-9-8-11(2)14(15)10-13/h8-10,12,16H,4-7H2,1-3H3. The van der Waals surface area contributed by atoms with Gasteiger partial charge in [-0.15, -0.1) is 0 Å². The van der Waals surface area contributed by atoms with Crippen molar-refractivity contribution in [2.75, 3.05) is 0 Å². The molecule has 108 valence electrons. The van der Waals surface area contributed by atoms with Crippen LogP contribution in [-0.4, -0.2) is 14.5 Å². The van der Waals surface area contributed by atoms with Crippen molar-refractivity contribution in [3.05, 3.63) is 28.8 Å². The molecular formula is C14H22ClNO2S. The van der Waals surface area contributed by atoms with E-state index in [4.69, 9.17) is 11.6 Å². The SMILES string of the molecule is CCCCCC(C)NS(=O)(=O)c1ccc(C)c(Cl)c1. The summed E-state index contributed by atoms with van der Waals surface area (Å²) in [6, 6.07) is 4.75. The monoisotopic (exact) mass is 303 g/mol. The molecule has 0 saturated heterocycles. The summed E-state index contributed by atoms with van der Waals surface area (Å²) in [7, 11) is -3.47. The van der Waals surface area contributed by atoms with Gasteiger partial charge in [-0.3, -0.25) is 0 Å². The molecule has 1 rings (SSSR count). The van der Waals surface area contributed by atoms with E-state index in [-0.39, 0.29) is 10.9 Å². The molecule has 0 spiro atoms. The van der Waals surface area contributed by atoms with E-state index in [1.54, 1.807) is 12.1 Å². The Labute approximate surface area is 121 Å². The van der Waals surface area contributed by atoms with E-state index in [2.05, 4.69) is 11.6 Å². The minimum Gasteiger partial charge on any atom is -0.208 e. The van der Waals surface area contributed by atoms with Gasteiger partial charge in [0.1, 0.15) is 0 Å². The molecule has 0 saturated carbocycles. The number of sulfonamides is 1. The Morgan fingerprint density at radius 1 is 1.32 bits per heavy atom. The number of rotatable bonds is 7. The van der Waals surface area contributed by atoms with Crippen LogP contribution in [-0.2, 0) is 10.0 Å². The van der Waals surface area contributed by atoms with Gasteiger partial charge in [0.15, 0.2) is 0 Å². The van der Waals surface area contributed by atoms with Crippen LogP contribution in [0, 0.1) is 6.92 Å². The van der Waals surface area contributed by atoms with Crippen molar-refractivity contribution in [2.24, 2.45) is 0 Å². The highest BCUT2D eigenvalue weighted by atomic mass is 35.5. The average Bonchev–Trinajstić information content (AvgIpc) is 2.32. The van der Waals surface area contributed by atoms with E-state index >= 15 is 0 Å². The first-order valence-electron chi connectivity index (χ1n) is 6.65. The van der Waals surface area contributed by atoms with Crippen molar-refractivity contribution in [1.29, 1.82) is 0 Å². The van der Waals surface area contributed by atoms with Gasteiger partial charge in [-0.2, -0.15) is 0 Å². The Morgan fingerprint density at radius 3 is 2.58 bits per heavy atom. The van der Waals surface area contributed by atoms with Crippen LogP contribution in [0.1, 0.15) is 45.1 Å². The third-order valence-electron chi connectivity index (χ3n) is 3.05. The third-order valence-corrected chi connectivity index (χ3v) is 5.05. The van der Waals surface area contributed by atoms with Crippen molar-refractivity contribution >= 4 is 21.6 Å². The van der Waals surface area contributed by atoms with E-state index in [0.717, 1.165) is 31.2 Å². The Bertz CT molecular complexity index is 514. The van der Waals surface area contributed by atoms with Gasteiger partial charge in [0.2, 0.25) is 10.0 Å². The van der Waals surface area contributed by atoms with Gasteiger partial charge in [0.05, 0.1) is 4.90 Å². The molecule has 19 heavy (non-hydrogen) atoms. The fraction of sp³-hybridized carbons (Fsp3) is 0.571. The Morgan fingerprint density at radius 2 is 2.00 bits per heavy atom. The molecular weight excluding hydrogens is 282 g/mol. The van der Waals surface area contributed by atoms with Gasteiger partial charge in [-0.25, -0.2) is 13.1 Å². The first kappa shape index (κ1) is 16.5. The summed E-state index contributed by atoms with van der Waals surface area (Å²) in [5.41, 5.74) is 0.872. The van der Waals surface area contributed by atoms with Crippen LogP contribution in [0.25, 0.3) is 0 Å². The zero-order valence-corrected chi connectivity index (χ0v) is 13.3. The van der Waals surface area contributed by atoms with E-state index in [0.29, 0.717) is 5.02 Å². The second-order valence-electron chi connectivity index (χ2n) is 4.93. The van der Waals surface area contributed by atoms with Crippen molar-refractivity contribution in [1.82, 2.24) is 4.72 Å². The van der Waals surface area contributed by atoms with Gasteiger partial charge < -0.3 is 0 Å². The molecule has 0 bridgehead atoms. The summed E-state index contributed by atoms with van der Waals surface area (Å²) in [6.45, 7) is 5.87. The number of hydrogen-bond donors (Lipinski definition) is 1. The number of hydrogen-bond acceptors (Lipinski definition) is 2. The minimum atomic E-state index is -3.47. The average molecular weight is 304 g/mol. The van der Waals surface area contributed by atoms with E-state index in [1.165, 1.54) is 6.07 Å². The first-order valence-corrected chi connectivity index (χ1v) is 8.51. The third kappa shape index (κ3) is 5.13. The summed E-state index contributed by atoms with van der Waals surface area (Å²) in [5, 5.41) is 0.474. The molecule has 5 heteroatoms. The van der Waals surface area contributed by atoms with Crippen LogP contribution in [0.3, 0.4) is 0 Å². The molecule has 0 radical (unpaired) electrons. The number of benzene rings is 1. The Balaban J connectivity index is 2.72. The molecule has 1 N–H and O–H groups in total. The Kier molecular flexibility index (Phi) is 6.30. The number of halogens is 1. The van der Waals surface area contributed by atoms with Gasteiger partial charge in [-0.05, 0) is 38.0 Å². The second-order valence-corrected chi connectivity index (χ2v) is 7.05. The smallest absolute Gasteiger partial charge is 0.208 e. The molecule has 1 aromatic carbocycles. The summed E-state index contributed by atoms with van der Waals surface area (Å²) < 4.78 is 27.0. The molecule has 1 unspecified atom stereocenters. The molecule has 1 atom stereocenters. The number of aryl methyl sites for hydroxylation is 1. The fourth-order valence-electron chi connectivity index (χ4n) is 1.83. The molecule has 0 aliphatic rings. The maximum atomic E-state index is 12.2. The number of unbranched alkanes of at least 4 members (excludes halogenated alkanes) is 2. The number of nitrogens with one attached hydrogen (secondary N) is 1. The largest absolute Gasteiger partial charge is 0.240 e. The van der Waals surface area contributed by atoms with Crippen LogP contribution < -0.4 is 4.72 Å². The predicted molar refractivity (Wildman–Crippen MR) is 80.1 cm³/mol. The van der Waals surface area contributed by atoms with Gasteiger partial charge in [0, 0.05) is 11.1 Å². The maximum absolute atomic E-state index is 12.2. The highest BCUT2D eigenvalue weighted by molar-refractivity contribution is 7.89. The highest BCUT2D eigenvalue weighted by Gasteiger charge is 2.17. The normalized spacial score (nSPS) is 13.5. The highest BCUT2D eigenvalue weighted by Crippen LogP contribution is 2.20. The molecule has 0 fully saturated rings. The molecule has 0 aliphatic carbocycles. The molecule has 0 aliphatic heterocycles. The van der Waals surface area contributed by atoms with Crippen molar-refractivity contribution in [3.63, 3.8) is 0 Å². The maximum Gasteiger partial charge on any atom is 0.240 e. The molecule has 3 nitrogen and oxygen atoms in total. The first-order chi connectivity index (χ1) is 8.86. The van der Waals surface area contributed by atoms with Crippen LogP contribution in [0.15, 0.2) is 23.1 Å². The molecule has 0 aromatic heterocycles. The van der Waals surface area contributed by atoms with Crippen molar-refractivity contribution < 1.29 is 8.42 Å². The summed E-state index contributed by atoms with van der Waals surface area (Å²) in [5.74, 6) is 0. The van der Waals surface area contributed by atoms with E-state index < -0.39 is 10.0 Å². The summed E-state index contributed by atoms with van der Waals surface area (Å²) in [6.07, 6.45) is 4.15. The lowest BCUT2D eigenvalue weighted by Crippen LogP contribution is -2.32. The molecule has 0 amide bonds. The summed E-state index contributed by atoms with van der Waals surface area (Å²) >= 11 is 5.97. The zero-order chi connectivity index (χ0) is 14.5. The van der Waals surface area contributed by atoms with Crippen molar-refractivity contribution in [2.45, 2.75) is 57.4 Å². The fourth-order valence-corrected chi connectivity index (χ4v) is 3.38.